The van der Waals surface area contributed by atoms with Crippen LogP contribution >= 0.6 is 0 Å². The van der Waals surface area contributed by atoms with Crippen LogP contribution in [-0.4, -0.2) is 18.1 Å². The van der Waals surface area contributed by atoms with Gasteiger partial charge in [-0.25, -0.2) is 0 Å². The van der Waals surface area contributed by atoms with Gasteiger partial charge >= 0.3 is 5.97 Å². The molecule has 0 aromatic heterocycles. The second kappa shape index (κ2) is 4.88. The molecule has 17 heavy (non-hydrogen) atoms. The zero-order valence-electron chi connectivity index (χ0n) is 10.2. The predicted octanol–water partition coefficient (Wildman–Crippen LogP) is 1.90. The number of esters is 1. The molecule has 1 unspecified atom stereocenters. The summed E-state index contributed by atoms with van der Waals surface area (Å²) in [4.78, 5) is 11.8. The lowest BCUT2D eigenvalue weighted by Gasteiger charge is -2.21. The van der Waals surface area contributed by atoms with E-state index in [2.05, 4.69) is 0 Å². The van der Waals surface area contributed by atoms with E-state index in [0.29, 0.717) is 12.5 Å². The number of carbonyl (C=O) groups is 1. The molecule has 2 rings (SSSR count). The average molecular weight is 233 g/mol. The molecule has 0 amide bonds. The maximum atomic E-state index is 11.8. The lowest BCUT2D eigenvalue weighted by Crippen LogP contribution is -2.48. The first-order valence-electron chi connectivity index (χ1n) is 6.11. The smallest absolute Gasteiger partial charge is 0.326 e. The Labute approximate surface area is 102 Å². The van der Waals surface area contributed by atoms with E-state index in [0.717, 1.165) is 19.3 Å². The fourth-order valence-electron chi connectivity index (χ4n) is 1.91. The van der Waals surface area contributed by atoms with Crippen molar-refractivity contribution in [1.29, 1.82) is 0 Å². The summed E-state index contributed by atoms with van der Waals surface area (Å²) in [5, 5.41) is 0. The predicted molar refractivity (Wildman–Crippen MR) is 66.4 cm³/mol. The first-order chi connectivity index (χ1) is 8.10. The molecule has 3 nitrogen and oxygen atoms in total. The van der Waals surface area contributed by atoms with Crippen LogP contribution in [0.15, 0.2) is 30.3 Å². The Balaban J connectivity index is 1.77. The second-order valence-electron chi connectivity index (χ2n) is 4.93. The molecule has 0 spiro atoms. The van der Waals surface area contributed by atoms with E-state index in [9.17, 15) is 4.79 Å². The summed E-state index contributed by atoms with van der Waals surface area (Å²) in [7, 11) is 0. The van der Waals surface area contributed by atoms with Gasteiger partial charge in [0.1, 0.15) is 5.54 Å². The molecule has 1 aromatic rings. The van der Waals surface area contributed by atoms with Gasteiger partial charge in [-0.1, -0.05) is 30.3 Å². The van der Waals surface area contributed by atoms with Crippen molar-refractivity contribution in [1.82, 2.24) is 0 Å². The van der Waals surface area contributed by atoms with Gasteiger partial charge in [0.05, 0.1) is 6.61 Å². The van der Waals surface area contributed by atoms with Crippen molar-refractivity contribution >= 4 is 5.97 Å². The maximum Gasteiger partial charge on any atom is 0.326 e. The van der Waals surface area contributed by atoms with E-state index < -0.39 is 5.54 Å². The largest absolute Gasteiger partial charge is 0.464 e. The van der Waals surface area contributed by atoms with E-state index in [1.807, 2.05) is 30.3 Å². The van der Waals surface area contributed by atoms with Crippen molar-refractivity contribution in [3.8, 4) is 0 Å². The van der Waals surface area contributed by atoms with Gasteiger partial charge in [-0.05, 0) is 31.2 Å². The number of nitrogens with two attached hydrogens (primary N) is 1. The Bertz CT molecular complexity index is 382. The van der Waals surface area contributed by atoms with Crippen molar-refractivity contribution in [2.24, 2.45) is 11.7 Å². The molecule has 1 aromatic carbocycles. The van der Waals surface area contributed by atoms with Crippen LogP contribution in [-0.2, 0) is 16.0 Å². The standard InChI is InChI=1S/C14H19NO2/c1-14(15,12-7-8-12)13(16)17-10-9-11-5-3-2-4-6-11/h2-6,12H,7-10,15H2,1H3. The minimum Gasteiger partial charge on any atom is -0.464 e. The van der Waals surface area contributed by atoms with Crippen LogP contribution in [0.3, 0.4) is 0 Å². The summed E-state index contributed by atoms with van der Waals surface area (Å²) in [5.41, 5.74) is 6.35. The molecule has 2 N–H and O–H groups in total. The summed E-state index contributed by atoms with van der Waals surface area (Å²) in [6, 6.07) is 9.98. The molecule has 1 aliphatic rings. The first kappa shape index (κ1) is 12.1. The molecule has 1 saturated carbocycles. The van der Waals surface area contributed by atoms with E-state index >= 15 is 0 Å². The minimum atomic E-state index is -0.795. The molecule has 0 radical (unpaired) electrons. The molecule has 0 heterocycles. The van der Waals surface area contributed by atoms with Crippen molar-refractivity contribution in [3.63, 3.8) is 0 Å². The van der Waals surface area contributed by atoms with Gasteiger partial charge in [-0.3, -0.25) is 4.79 Å². The molecule has 1 fully saturated rings. The quantitative estimate of drug-likeness (QED) is 0.790. The number of benzene rings is 1. The number of hydrogen-bond acceptors (Lipinski definition) is 3. The number of hydrogen-bond donors (Lipinski definition) is 1. The average Bonchev–Trinajstić information content (AvgIpc) is 3.14. The molecule has 1 atom stereocenters. The monoisotopic (exact) mass is 233 g/mol. The highest BCUT2D eigenvalue weighted by Crippen LogP contribution is 2.38. The highest BCUT2D eigenvalue weighted by Gasteiger charge is 2.45. The molecule has 0 bridgehead atoms. The van der Waals surface area contributed by atoms with Crippen LogP contribution in [0.5, 0.6) is 0 Å². The molecular formula is C14H19NO2. The highest BCUT2D eigenvalue weighted by molar-refractivity contribution is 5.81. The van der Waals surface area contributed by atoms with Gasteiger partial charge in [-0.2, -0.15) is 0 Å². The second-order valence-corrected chi connectivity index (χ2v) is 4.93. The molecule has 0 aliphatic heterocycles. The van der Waals surface area contributed by atoms with Crippen molar-refractivity contribution in [3.05, 3.63) is 35.9 Å². The third kappa shape index (κ3) is 3.07. The Morgan fingerprint density at radius 2 is 2.06 bits per heavy atom. The van der Waals surface area contributed by atoms with Crippen LogP contribution in [0.2, 0.25) is 0 Å². The first-order valence-corrected chi connectivity index (χ1v) is 6.11. The molecule has 1 aliphatic carbocycles. The number of carbonyl (C=O) groups excluding carboxylic acids is 1. The lowest BCUT2D eigenvalue weighted by atomic mass is 9.98. The Morgan fingerprint density at radius 1 is 1.41 bits per heavy atom. The van der Waals surface area contributed by atoms with E-state index in [1.54, 1.807) is 6.92 Å². The zero-order chi connectivity index (χ0) is 12.3. The number of rotatable bonds is 5. The van der Waals surface area contributed by atoms with Crippen LogP contribution in [0.1, 0.15) is 25.3 Å². The molecular weight excluding hydrogens is 214 g/mol. The summed E-state index contributed by atoms with van der Waals surface area (Å²) < 4.78 is 5.25. The molecule has 3 heteroatoms. The summed E-state index contributed by atoms with van der Waals surface area (Å²) in [6.07, 6.45) is 2.83. The molecule has 0 saturated heterocycles. The minimum absolute atomic E-state index is 0.268. The van der Waals surface area contributed by atoms with Crippen molar-refractivity contribution in [2.75, 3.05) is 6.61 Å². The van der Waals surface area contributed by atoms with Crippen LogP contribution in [0.4, 0.5) is 0 Å². The van der Waals surface area contributed by atoms with Gasteiger partial charge in [0.15, 0.2) is 0 Å². The van der Waals surface area contributed by atoms with Gasteiger partial charge < -0.3 is 10.5 Å². The lowest BCUT2D eigenvalue weighted by molar-refractivity contribution is -0.150. The Hall–Kier alpha value is -1.35. The fourth-order valence-corrected chi connectivity index (χ4v) is 1.91. The van der Waals surface area contributed by atoms with E-state index in [4.69, 9.17) is 10.5 Å². The van der Waals surface area contributed by atoms with Crippen molar-refractivity contribution in [2.45, 2.75) is 31.7 Å². The normalized spacial score (nSPS) is 18.5. The Kier molecular flexibility index (Phi) is 3.48. The van der Waals surface area contributed by atoms with Crippen LogP contribution in [0, 0.1) is 5.92 Å². The summed E-state index contributed by atoms with van der Waals surface area (Å²) in [6.45, 7) is 2.18. The maximum absolute atomic E-state index is 11.8. The van der Waals surface area contributed by atoms with Gasteiger partial charge in [0.2, 0.25) is 0 Å². The van der Waals surface area contributed by atoms with E-state index in [-0.39, 0.29) is 5.97 Å². The number of ether oxygens (including phenoxy) is 1. The summed E-state index contributed by atoms with van der Waals surface area (Å²) in [5.74, 6) is 0.0441. The third-order valence-corrected chi connectivity index (χ3v) is 3.33. The van der Waals surface area contributed by atoms with Crippen molar-refractivity contribution < 1.29 is 9.53 Å². The highest BCUT2D eigenvalue weighted by atomic mass is 16.5. The van der Waals surface area contributed by atoms with Gasteiger partial charge in [-0.15, -0.1) is 0 Å². The SMILES string of the molecule is CC(N)(C(=O)OCCc1ccccc1)C1CC1. The van der Waals surface area contributed by atoms with Crippen LogP contribution in [0.25, 0.3) is 0 Å². The summed E-state index contributed by atoms with van der Waals surface area (Å²) >= 11 is 0. The molecule has 92 valence electrons. The van der Waals surface area contributed by atoms with Gasteiger partial charge in [0.25, 0.3) is 0 Å². The fraction of sp³-hybridized carbons (Fsp3) is 0.500. The van der Waals surface area contributed by atoms with E-state index in [1.165, 1.54) is 5.56 Å². The Morgan fingerprint density at radius 3 is 2.65 bits per heavy atom. The zero-order valence-corrected chi connectivity index (χ0v) is 10.2. The topological polar surface area (TPSA) is 52.3 Å². The van der Waals surface area contributed by atoms with Gasteiger partial charge in [0, 0.05) is 6.42 Å². The third-order valence-electron chi connectivity index (χ3n) is 3.33. The van der Waals surface area contributed by atoms with Crippen LogP contribution < -0.4 is 5.73 Å².